The Hall–Kier alpha value is -1.41. The second kappa shape index (κ2) is 4.06. The van der Waals surface area contributed by atoms with Gasteiger partial charge in [-0.25, -0.2) is 4.21 Å². The summed E-state index contributed by atoms with van der Waals surface area (Å²) in [6.07, 6.45) is 9.40. The normalized spacial score (nSPS) is 24.4. The highest BCUT2D eigenvalue weighted by molar-refractivity contribution is 7.89. The van der Waals surface area contributed by atoms with Crippen molar-refractivity contribution in [3.05, 3.63) is 64.6 Å². The fourth-order valence-corrected chi connectivity index (χ4v) is 3.72. The molecule has 0 N–H and O–H groups in total. The molecule has 0 aromatic heterocycles. The Morgan fingerprint density at radius 2 is 1.83 bits per heavy atom. The molecular formula is C16H16OS. The van der Waals surface area contributed by atoms with Gasteiger partial charge in [0.1, 0.15) is 0 Å². The second-order valence-electron chi connectivity index (χ2n) is 5.43. The standard InChI is InChI=1S/C16H16OS/c1-16(2)9-7-13-11-12-5-3-4-6-14(12)18(17)15(13)8-10-16/h3-10H,11H2,1-2H3. The van der Waals surface area contributed by atoms with Crippen LogP contribution < -0.4 is 0 Å². The van der Waals surface area contributed by atoms with Crippen molar-refractivity contribution in [1.82, 2.24) is 0 Å². The average molecular weight is 256 g/mol. The number of benzene rings is 1. The molecule has 1 aromatic carbocycles. The fraction of sp³-hybridized carbons (Fsp3) is 0.250. The van der Waals surface area contributed by atoms with Crippen molar-refractivity contribution in [1.29, 1.82) is 0 Å². The minimum atomic E-state index is -1.03. The molecule has 0 saturated heterocycles. The lowest BCUT2D eigenvalue weighted by Crippen LogP contribution is -2.09. The molecule has 18 heavy (non-hydrogen) atoms. The monoisotopic (exact) mass is 256 g/mol. The lowest BCUT2D eigenvalue weighted by atomic mass is 9.93. The van der Waals surface area contributed by atoms with Gasteiger partial charge in [-0.1, -0.05) is 50.3 Å². The fourth-order valence-electron chi connectivity index (χ4n) is 2.33. The summed E-state index contributed by atoms with van der Waals surface area (Å²) in [4.78, 5) is 1.93. The van der Waals surface area contributed by atoms with Gasteiger partial charge in [-0.2, -0.15) is 0 Å². The van der Waals surface area contributed by atoms with E-state index in [-0.39, 0.29) is 5.41 Å². The maximum absolute atomic E-state index is 12.6. The quantitative estimate of drug-likeness (QED) is 0.691. The van der Waals surface area contributed by atoms with Crippen LogP contribution in [0.5, 0.6) is 0 Å². The van der Waals surface area contributed by atoms with Gasteiger partial charge in [0.25, 0.3) is 0 Å². The summed E-state index contributed by atoms with van der Waals surface area (Å²) in [6.45, 7) is 4.32. The van der Waals surface area contributed by atoms with Crippen LogP contribution in [0.4, 0.5) is 0 Å². The molecule has 2 heteroatoms. The minimum absolute atomic E-state index is 0.0354. The van der Waals surface area contributed by atoms with Crippen molar-refractivity contribution in [2.24, 2.45) is 5.41 Å². The highest BCUT2D eigenvalue weighted by atomic mass is 32.2. The summed E-state index contributed by atoms with van der Waals surface area (Å²) in [6, 6.07) is 8.03. The van der Waals surface area contributed by atoms with Crippen LogP contribution in [0, 0.1) is 5.41 Å². The number of rotatable bonds is 0. The van der Waals surface area contributed by atoms with Gasteiger partial charge >= 0.3 is 0 Å². The summed E-state index contributed by atoms with van der Waals surface area (Å²) < 4.78 is 12.6. The number of hydrogen-bond acceptors (Lipinski definition) is 1. The van der Waals surface area contributed by atoms with Gasteiger partial charge in [0.05, 0.1) is 10.8 Å². The van der Waals surface area contributed by atoms with Crippen LogP contribution in [-0.4, -0.2) is 4.21 Å². The van der Waals surface area contributed by atoms with Gasteiger partial charge in [0, 0.05) is 15.2 Å². The molecule has 1 unspecified atom stereocenters. The van der Waals surface area contributed by atoms with E-state index < -0.39 is 10.8 Å². The predicted octanol–water partition coefficient (Wildman–Crippen LogP) is 3.76. The highest BCUT2D eigenvalue weighted by Gasteiger charge is 2.24. The van der Waals surface area contributed by atoms with E-state index in [0.717, 1.165) is 16.2 Å². The molecule has 1 atom stereocenters. The zero-order valence-electron chi connectivity index (χ0n) is 10.6. The van der Waals surface area contributed by atoms with Crippen LogP contribution in [-0.2, 0) is 17.2 Å². The third kappa shape index (κ3) is 1.91. The number of hydrogen-bond donors (Lipinski definition) is 0. The third-order valence-electron chi connectivity index (χ3n) is 3.45. The first-order chi connectivity index (χ1) is 8.57. The van der Waals surface area contributed by atoms with Crippen molar-refractivity contribution in [2.45, 2.75) is 25.2 Å². The Morgan fingerprint density at radius 3 is 2.67 bits per heavy atom. The molecule has 0 fully saturated rings. The molecule has 0 amide bonds. The molecule has 0 spiro atoms. The van der Waals surface area contributed by atoms with Crippen LogP contribution in [0.2, 0.25) is 0 Å². The SMILES string of the molecule is CC1(C)C=CC2=C(C=C1)S(=O)c1ccccc1C2. The van der Waals surface area contributed by atoms with Crippen LogP contribution in [0.25, 0.3) is 0 Å². The van der Waals surface area contributed by atoms with Crippen molar-refractivity contribution in [2.75, 3.05) is 0 Å². The van der Waals surface area contributed by atoms with Crippen molar-refractivity contribution in [3.8, 4) is 0 Å². The van der Waals surface area contributed by atoms with Gasteiger partial charge in [-0.3, -0.25) is 0 Å². The third-order valence-corrected chi connectivity index (χ3v) is 5.04. The molecule has 0 saturated carbocycles. The second-order valence-corrected chi connectivity index (χ2v) is 6.85. The Labute approximate surface area is 110 Å². The molecular weight excluding hydrogens is 240 g/mol. The summed E-state index contributed by atoms with van der Waals surface area (Å²) in [5, 5.41) is 0. The van der Waals surface area contributed by atoms with E-state index in [9.17, 15) is 4.21 Å². The van der Waals surface area contributed by atoms with E-state index in [1.165, 1.54) is 11.1 Å². The summed E-state index contributed by atoms with van der Waals surface area (Å²) >= 11 is 0. The molecule has 0 radical (unpaired) electrons. The first kappa shape index (κ1) is 11.7. The maximum Gasteiger partial charge on any atom is 0.0855 e. The zero-order valence-corrected chi connectivity index (χ0v) is 11.5. The predicted molar refractivity (Wildman–Crippen MR) is 75.6 cm³/mol. The molecule has 3 rings (SSSR count). The first-order valence-electron chi connectivity index (χ1n) is 6.18. The van der Waals surface area contributed by atoms with Crippen molar-refractivity contribution in [3.63, 3.8) is 0 Å². The van der Waals surface area contributed by atoms with Crippen LogP contribution in [0.3, 0.4) is 0 Å². The van der Waals surface area contributed by atoms with Crippen LogP contribution in [0.15, 0.2) is 63.9 Å². The van der Waals surface area contributed by atoms with E-state index >= 15 is 0 Å². The lowest BCUT2D eigenvalue weighted by Gasteiger charge is -2.18. The van der Waals surface area contributed by atoms with Gasteiger partial charge in [-0.15, -0.1) is 0 Å². The highest BCUT2D eigenvalue weighted by Crippen LogP contribution is 2.35. The van der Waals surface area contributed by atoms with Gasteiger partial charge in [-0.05, 0) is 29.7 Å². The van der Waals surface area contributed by atoms with Gasteiger partial charge < -0.3 is 0 Å². The molecule has 92 valence electrons. The molecule has 2 aliphatic rings. The van der Waals surface area contributed by atoms with E-state index in [1.54, 1.807) is 0 Å². The zero-order chi connectivity index (χ0) is 12.8. The largest absolute Gasteiger partial charge is 0.249 e. The topological polar surface area (TPSA) is 17.1 Å². The number of allylic oxidation sites excluding steroid dienone is 5. The molecule has 1 nitrogen and oxygen atoms in total. The summed E-state index contributed by atoms with van der Waals surface area (Å²) in [5.41, 5.74) is 2.41. The molecule has 1 heterocycles. The van der Waals surface area contributed by atoms with Gasteiger partial charge in [0.15, 0.2) is 0 Å². The maximum atomic E-state index is 12.6. The average Bonchev–Trinajstić information content (AvgIpc) is 2.50. The van der Waals surface area contributed by atoms with Crippen LogP contribution in [0.1, 0.15) is 19.4 Å². The Bertz CT molecular complexity index is 618. The van der Waals surface area contributed by atoms with Crippen LogP contribution >= 0.6 is 0 Å². The molecule has 1 aliphatic heterocycles. The smallest absolute Gasteiger partial charge is 0.0855 e. The van der Waals surface area contributed by atoms with E-state index in [4.69, 9.17) is 0 Å². The Balaban J connectivity index is 2.13. The van der Waals surface area contributed by atoms with Crippen molar-refractivity contribution < 1.29 is 4.21 Å². The minimum Gasteiger partial charge on any atom is -0.249 e. The van der Waals surface area contributed by atoms with E-state index in [2.05, 4.69) is 38.1 Å². The molecule has 0 bridgehead atoms. The van der Waals surface area contributed by atoms with E-state index in [1.807, 2.05) is 24.3 Å². The molecule has 1 aromatic rings. The summed E-state index contributed by atoms with van der Waals surface area (Å²) in [5.74, 6) is 0. The number of fused-ring (bicyclic) bond motifs is 1. The van der Waals surface area contributed by atoms with Gasteiger partial charge in [0.2, 0.25) is 0 Å². The lowest BCUT2D eigenvalue weighted by molar-refractivity contribution is 0.626. The van der Waals surface area contributed by atoms with Crippen molar-refractivity contribution >= 4 is 10.8 Å². The summed E-state index contributed by atoms with van der Waals surface area (Å²) in [7, 11) is -1.03. The Morgan fingerprint density at radius 1 is 1.11 bits per heavy atom. The molecule has 1 aliphatic carbocycles. The van der Waals surface area contributed by atoms with E-state index in [0.29, 0.717) is 0 Å². The Kier molecular flexibility index (Phi) is 2.63. The first-order valence-corrected chi connectivity index (χ1v) is 7.33.